The van der Waals surface area contributed by atoms with Gasteiger partial charge in [-0.25, -0.2) is 4.39 Å². The van der Waals surface area contributed by atoms with Crippen LogP contribution >= 0.6 is 0 Å². The smallest absolute Gasteiger partial charge is 0.229 e. The fourth-order valence-corrected chi connectivity index (χ4v) is 2.11. The molecule has 2 aromatic carbocycles. The molecule has 2 rings (SSSR count). The van der Waals surface area contributed by atoms with Gasteiger partial charge in [0.2, 0.25) is 11.8 Å². The number of rotatable bonds is 9. The van der Waals surface area contributed by atoms with Crippen LogP contribution < -0.4 is 20.1 Å². The van der Waals surface area contributed by atoms with Gasteiger partial charge in [-0.15, -0.1) is 0 Å². The summed E-state index contributed by atoms with van der Waals surface area (Å²) >= 11 is 0. The molecule has 0 aliphatic carbocycles. The summed E-state index contributed by atoms with van der Waals surface area (Å²) in [6.07, 6.45) is -0.274. The number of ether oxygens (including phenoxy) is 2. The molecule has 0 aliphatic heterocycles. The van der Waals surface area contributed by atoms with E-state index in [1.807, 2.05) is 0 Å². The van der Waals surface area contributed by atoms with E-state index in [4.69, 9.17) is 9.47 Å². The molecule has 0 fully saturated rings. The third-order valence-electron chi connectivity index (χ3n) is 3.48. The summed E-state index contributed by atoms with van der Waals surface area (Å²) in [7, 11) is 1.58. The predicted molar refractivity (Wildman–Crippen MR) is 94.4 cm³/mol. The summed E-state index contributed by atoms with van der Waals surface area (Å²) in [5.41, 5.74) is 0.757. The highest BCUT2D eigenvalue weighted by Gasteiger charge is 2.08. The van der Waals surface area contributed by atoms with Crippen molar-refractivity contribution in [3.8, 4) is 11.5 Å². The molecular weight excluding hydrogens is 339 g/mol. The van der Waals surface area contributed by atoms with Gasteiger partial charge in [0, 0.05) is 6.54 Å². The third kappa shape index (κ3) is 6.80. The van der Waals surface area contributed by atoms with Gasteiger partial charge in [0.05, 0.1) is 13.7 Å². The van der Waals surface area contributed by atoms with Crippen molar-refractivity contribution in [2.75, 3.05) is 20.3 Å². The number of benzene rings is 2. The molecule has 138 valence electrons. The number of carbonyl (C=O) groups excluding carboxylic acids is 2. The van der Waals surface area contributed by atoms with Crippen molar-refractivity contribution >= 4 is 11.8 Å². The van der Waals surface area contributed by atoms with Crippen LogP contribution in [0.4, 0.5) is 4.39 Å². The van der Waals surface area contributed by atoms with Gasteiger partial charge in [-0.3, -0.25) is 9.59 Å². The second kappa shape index (κ2) is 10.0. The van der Waals surface area contributed by atoms with Crippen LogP contribution in [-0.4, -0.2) is 32.1 Å². The minimum atomic E-state index is -0.400. The van der Waals surface area contributed by atoms with Gasteiger partial charge < -0.3 is 20.1 Å². The quantitative estimate of drug-likeness (QED) is 0.530. The van der Waals surface area contributed by atoms with Gasteiger partial charge in [0.15, 0.2) is 0 Å². The van der Waals surface area contributed by atoms with Crippen molar-refractivity contribution in [1.29, 1.82) is 0 Å². The number of amides is 2. The van der Waals surface area contributed by atoms with E-state index in [-0.39, 0.29) is 37.8 Å². The van der Waals surface area contributed by atoms with Crippen molar-refractivity contribution in [3.05, 3.63) is 59.9 Å². The highest BCUT2D eigenvalue weighted by molar-refractivity contribution is 5.96. The number of nitrogens with one attached hydrogen (secondary N) is 2. The molecule has 2 N–H and O–H groups in total. The van der Waals surface area contributed by atoms with Crippen LogP contribution in [0.1, 0.15) is 12.0 Å². The first-order chi connectivity index (χ1) is 12.6. The van der Waals surface area contributed by atoms with Crippen LogP contribution in [-0.2, 0) is 16.1 Å². The van der Waals surface area contributed by atoms with Gasteiger partial charge in [0.1, 0.15) is 30.3 Å². The lowest BCUT2D eigenvalue weighted by Crippen LogP contribution is -2.33. The van der Waals surface area contributed by atoms with Crippen LogP contribution in [0.3, 0.4) is 0 Å². The molecule has 6 nitrogen and oxygen atoms in total. The molecular formula is C19H21FN2O4. The Morgan fingerprint density at radius 1 is 0.923 bits per heavy atom. The highest BCUT2D eigenvalue weighted by atomic mass is 19.1. The monoisotopic (exact) mass is 360 g/mol. The molecule has 0 spiro atoms. The van der Waals surface area contributed by atoms with Crippen LogP contribution in [0, 0.1) is 5.82 Å². The van der Waals surface area contributed by atoms with Crippen LogP contribution in [0.25, 0.3) is 0 Å². The van der Waals surface area contributed by atoms with E-state index < -0.39 is 5.91 Å². The van der Waals surface area contributed by atoms with Crippen molar-refractivity contribution in [3.63, 3.8) is 0 Å². The third-order valence-corrected chi connectivity index (χ3v) is 3.48. The van der Waals surface area contributed by atoms with Gasteiger partial charge in [-0.2, -0.15) is 0 Å². The molecule has 26 heavy (non-hydrogen) atoms. The van der Waals surface area contributed by atoms with Crippen LogP contribution in [0.2, 0.25) is 0 Å². The topological polar surface area (TPSA) is 76.7 Å². The van der Waals surface area contributed by atoms with Gasteiger partial charge in [0.25, 0.3) is 0 Å². The molecule has 0 bridgehead atoms. The number of hydrogen-bond donors (Lipinski definition) is 2. The number of hydrogen-bond acceptors (Lipinski definition) is 4. The summed E-state index contributed by atoms with van der Waals surface area (Å²) in [6, 6.07) is 12.9. The Kier molecular flexibility index (Phi) is 7.42. The Labute approximate surface area is 151 Å². The number of halogens is 1. The van der Waals surface area contributed by atoms with Gasteiger partial charge in [-0.05, 0) is 42.0 Å². The molecule has 0 heterocycles. The van der Waals surface area contributed by atoms with E-state index in [1.54, 1.807) is 43.5 Å². The molecule has 0 saturated carbocycles. The van der Waals surface area contributed by atoms with Crippen molar-refractivity contribution in [1.82, 2.24) is 10.6 Å². The Morgan fingerprint density at radius 3 is 2.19 bits per heavy atom. The molecule has 0 atom stereocenters. The molecule has 0 radical (unpaired) electrons. The van der Waals surface area contributed by atoms with Gasteiger partial charge >= 0.3 is 0 Å². The SMILES string of the molecule is COc1ccc(OCCNC(=O)CC(=O)NCc2ccc(F)cc2)cc1. The fraction of sp³-hybridized carbons (Fsp3) is 0.263. The Balaban J connectivity index is 1.60. The number of carbonyl (C=O) groups is 2. The Morgan fingerprint density at radius 2 is 1.54 bits per heavy atom. The second-order valence-electron chi connectivity index (χ2n) is 5.45. The van der Waals surface area contributed by atoms with Crippen molar-refractivity contribution in [2.45, 2.75) is 13.0 Å². The summed E-state index contributed by atoms with van der Waals surface area (Å²) in [5.74, 6) is 0.272. The lowest BCUT2D eigenvalue weighted by Gasteiger charge is -2.09. The van der Waals surface area contributed by atoms with E-state index >= 15 is 0 Å². The lowest BCUT2D eigenvalue weighted by atomic mass is 10.2. The molecule has 7 heteroatoms. The van der Waals surface area contributed by atoms with Crippen molar-refractivity contribution < 1.29 is 23.5 Å². The maximum absolute atomic E-state index is 12.8. The lowest BCUT2D eigenvalue weighted by molar-refractivity contribution is -0.129. The fourth-order valence-electron chi connectivity index (χ4n) is 2.11. The summed E-state index contributed by atoms with van der Waals surface area (Å²) in [5, 5.41) is 5.22. The van der Waals surface area contributed by atoms with E-state index in [9.17, 15) is 14.0 Å². The summed E-state index contributed by atoms with van der Waals surface area (Å²) in [4.78, 5) is 23.4. The number of methoxy groups -OCH3 is 1. The molecule has 0 unspecified atom stereocenters. The van der Waals surface area contributed by atoms with Crippen LogP contribution in [0.15, 0.2) is 48.5 Å². The molecule has 0 aliphatic rings. The maximum Gasteiger partial charge on any atom is 0.229 e. The zero-order chi connectivity index (χ0) is 18.8. The first-order valence-corrected chi connectivity index (χ1v) is 8.11. The van der Waals surface area contributed by atoms with E-state index in [0.717, 1.165) is 11.3 Å². The molecule has 0 aromatic heterocycles. The molecule has 2 aromatic rings. The van der Waals surface area contributed by atoms with E-state index in [2.05, 4.69) is 10.6 Å². The minimum Gasteiger partial charge on any atom is -0.497 e. The summed E-state index contributed by atoms with van der Waals surface area (Å²) in [6.45, 7) is 0.818. The van der Waals surface area contributed by atoms with Gasteiger partial charge in [-0.1, -0.05) is 12.1 Å². The molecule has 0 saturated heterocycles. The first-order valence-electron chi connectivity index (χ1n) is 8.11. The average Bonchev–Trinajstić information content (AvgIpc) is 2.65. The summed E-state index contributed by atoms with van der Waals surface area (Å²) < 4.78 is 23.3. The highest BCUT2D eigenvalue weighted by Crippen LogP contribution is 2.16. The Bertz CT molecular complexity index is 717. The second-order valence-corrected chi connectivity index (χ2v) is 5.45. The normalized spacial score (nSPS) is 10.1. The van der Waals surface area contributed by atoms with E-state index in [1.165, 1.54) is 12.1 Å². The van der Waals surface area contributed by atoms with E-state index in [0.29, 0.717) is 5.75 Å². The van der Waals surface area contributed by atoms with Crippen LogP contribution in [0.5, 0.6) is 11.5 Å². The first kappa shape index (κ1) is 19.2. The maximum atomic E-state index is 12.8. The van der Waals surface area contributed by atoms with Crippen molar-refractivity contribution in [2.24, 2.45) is 0 Å². The standard InChI is InChI=1S/C19H21FN2O4/c1-25-16-6-8-17(9-7-16)26-11-10-21-18(23)12-19(24)22-13-14-2-4-15(20)5-3-14/h2-9H,10-13H2,1H3,(H,21,23)(H,22,24). The molecule has 2 amide bonds. The predicted octanol–water partition coefficient (Wildman–Crippen LogP) is 2.04. The zero-order valence-corrected chi connectivity index (χ0v) is 14.5. The zero-order valence-electron chi connectivity index (χ0n) is 14.5. The Hall–Kier alpha value is -3.09. The largest absolute Gasteiger partial charge is 0.497 e. The average molecular weight is 360 g/mol. The minimum absolute atomic E-state index is 0.243.